The lowest BCUT2D eigenvalue weighted by atomic mass is 10.1. The molecule has 0 amide bonds. The van der Waals surface area contributed by atoms with Crippen LogP contribution in [0.25, 0.3) is 11.4 Å². The van der Waals surface area contributed by atoms with E-state index in [2.05, 4.69) is 15.5 Å². The number of anilines is 2. The van der Waals surface area contributed by atoms with E-state index in [1.54, 1.807) is 0 Å². The molecular formula is C11H11F3N6. The van der Waals surface area contributed by atoms with Crippen molar-refractivity contribution in [2.45, 2.75) is 24.6 Å². The molecule has 0 aliphatic heterocycles. The number of nitrogens with two attached hydrogens (primary N) is 2. The second kappa shape index (κ2) is 3.84. The Kier molecular flexibility index (Phi) is 2.44. The van der Waals surface area contributed by atoms with Gasteiger partial charge in [0.2, 0.25) is 0 Å². The van der Waals surface area contributed by atoms with Gasteiger partial charge in [0.15, 0.2) is 11.4 Å². The number of halogens is 3. The van der Waals surface area contributed by atoms with Gasteiger partial charge in [-0.3, -0.25) is 0 Å². The predicted octanol–water partition coefficient (Wildman–Crippen LogP) is 1.56. The lowest BCUT2D eigenvalue weighted by molar-refractivity contribution is -0.182. The maximum atomic E-state index is 13.1. The van der Waals surface area contributed by atoms with Crippen molar-refractivity contribution in [1.29, 1.82) is 0 Å². The molecule has 20 heavy (non-hydrogen) atoms. The third kappa shape index (κ3) is 1.77. The Labute approximate surface area is 111 Å². The fourth-order valence-electron chi connectivity index (χ4n) is 2.19. The summed E-state index contributed by atoms with van der Waals surface area (Å²) in [4.78, 5) is 0. The molecule has 4 N–H and O–H groups in total. The molecule has 1 aromatic heterocycles. The fourth-order valence-corrected chi connectivity index (χ4v) is 2.19. The summed E-state index contributed by atoms with van der Waals surface area (Å²) in [6, 6.07) is 4.49. The molecule has 6 nitrogen and oxygen atoms in total. The van der Waals surface area contributed by atoms with Crippen LogP contribution in [0.2, 0.25) is 0 Å². The first-order valence-electron chi connectivity index (χ1n) is 5.85. The van der Waals surface area contributed by atoms with E-state index in [1.807, 2.05) is 0 Å². The Morgan fingerprint density at radius 3 is 2.20 bits per heavy atom. The number of aromatic nitrogens is 4. The van der Waals surface area contributed by atoms with Gasteiger partial charge < -0.3 is 11.5 Å². The van der Waals surface area contributed by atoms with Gasteiger partial charge in [-0.15, -0.1) is 5.10 Å². The van der Waals surface area contributed by atoms with E-state index in [9.17, 15) is 13.2 Å². The zero-order valence-corrected chi connectivity index (χ0v) is 10.2. The van der Waals surface area contributed by atoms with Gasteiger partial charge >= 0.3 is 6.18 Å². The molecule has 3 rings (SSSR count). The SMILES string of the molecule is Nc1cc(N)cc(-c2nnnn2C2(C(F)(F)F)CC2)c1. The molecule has 1 aliphatic rings. The lowest BCUT2D eigenvalue weighted by Crippen LogP contribution is -2.36. The van der Waals surface area contributed by atoms with Crippen molar-refractivity contribution in [3.8, 4) is 11.4 Å². The zero-order chi connectivity index (χ0) is 14.5. The molecule has 0 bridgehead atoms. The van der Waals surface area contributed by atoms with Crippen molar-refractivity contribution < 1.29 is 13.2 Å². The van der Waals surface area contributed by atoms with Gasteiger partial charge in [-0.1, -0.05) is 0 Å². The van der Waals surface area contributed by atoms with Gasteiger partial charge in [-0.2, -0.15) is 13.2 Å². The number of hydrogen-bond acceptors (Lipinski definition) is 5. The number of nitrogen functional groups attached to an aromatic ring is 2. The molecule has 9 heteroatoms. The molecule has 1 saturated carbocycles. The Morgan fingerprint density at radius 2 is 1.70 bits per heavy atom. The van der Waals surface area contributed by atoms with E-state index in [-0.39, 0.29) is 18.7 Å². The standard InChI is InChI=1S/C11H11F3N6/c12-11(13,14)10(1-2-10)20-9(17-18-19-20)6-3-7(15)5-8(16)4-6/h3-5H,1-2,15-16H2. The van der Waals surface area contributed by atoms with E-state index < -0.39 is 11.7 Å². The zero-order valence-electron chi connectivity index (χ0n) is 10.2. The average Bonchev–Trinajstić information content (AvgIpc) is 2.99. The molecule has 1 aliphatic carbocycles. The van der Waals surface area contributed by atoms with Gasteiger partial charge in [0, 0.05) is 16.9 Å². The van der Waals surface area contributed by atoms with E-state index in [4.69, 9.17) is 11.5 Å². The first kappa shape index (κ1) is 12.7. The summed E-state index contributed by atoms with van der Waals surface area (Å²) in [5.74, 6) is 0.0128. The van der Waals surface area contributed by atoms with Crippen LogP contribution in [0.3, 0.4) is 0 Å². The van der Waals surface area contributed by atoms with Gasteiger partial charge in [-0.05, 0) is 41.5 Å². The highest BCUT2D eigenvalue weighted by Gasteiger charge is 2.66. The second-order valence-corrected chi connectivity index (χ2v) is 4.83. The Balaban J connectivity index is 2.12. The van der Waals surface area contributed by atoms with Crippen molar-refractivity contribution in [1.82, 2.24) is 20.2 Å². The Morgan fingerprint density at radius 1 is 1.10 bits per heavy atom. The molecule has 0 atom stereocenters. The predicted molar refractivity (Wildman–Crippen MR) is 65.3 cm³/mol. The quantitative estimate of drug-likeness (QED) is 0.816. The highest BCUT2D eigenvalue weighted by Crippen LogP contribution is 2.55. The average molecular weight is 284 g/mol. The van der Waals surface area contributed by atoms with Crippen molar-refractivity contribution in [3.05, 3.63) is 18.2 Å². The molecule has 106 valence electrons. The Hall–Kier alpha value is -2.32. The minimum Gasteiger partial charge on any atom is -0.399 e. The van der Waals surface area contributed by atoms with Gasteiger partial charge in [-0.25, -0.2) is 4.68 Å². The van der Waals surface area contributed by atoms with Gasteiger partial charge in [0.25, 0.3) is 0 Å². The Bertz CT molecular complexity index is 638. The van der Waals surface area contributed by atoms with Crippen LogP contribution in [0, 0.1) is 0 Å². The molecular weight excluding hydrogens is 273 g/mol. The molecule has 1 aromatic carbocycles. The smallest absolute Gasteiger partial charge is 0.399 e. The summed E-state index contributed by atoms with van der Waals surface area (Å²) in [6.45, 7) is 0. The lowest BCUT2D eigenvalue weighted by Gasteiger charge is -2.20. The number of alkyl halides is 3. The highest BCUT2D eigenvalue weighted by atomic mass is 19.4. The van der Waals surface area contributed by atoms with Gasteiger partial charge in [0.05, 0.1) is 0 Å². The van der Waals surface area contributed by atoms with E-state index in [0.29, 0.717) is 16.9 Å². The molecule has 1 fully saturated rings. The monoisotopic (exact) mass is 284 g/mol. The summed E-state index contributed by atoms with van der Waals surface area (Å²) < 4.78 is 40.3. The fraction of sp³-hybridized carbons (Fsp3) is 0.364. The molecule has 0 saturated heterocycles. The van der Waals surface area contributed by atoms with Crippen LogP contribution in [-0.4, -0.2) is 26.4 Å². The number of tetrazole rings is 1. The summed E-state index contributed by atoms with van der Waals surface area (Å²) in [5.41, 5.74) is 10.3. The molecule has 0 spiro atoms. The topological polar surface area (TPSA) is 95.6 Å². The van der Waals surface area contributed by atoms with Gasteiger partial charge in [0.1, 0.15) is 0 Å². The van der Waals surface area contributed by atoms with Crippen LogP contribution in [-0.2, 0) is 5.54 Å². The van der Waals surface area contributed by atoms with Crippen LogP contribution in [0.4, 0.5) is 24.5 Å². The normalized spacial score (nSPS) is 17.1. The number of rotatable bonds is 2. The summed E-state index contributed by atoms with van der Waals surface area (Å²) >= 11 is 0. The summed E-state index contributed by atoms with van der Waals surface area (Å²) in [7, 11) is 0. The maximum Gasteiger partial charge on any atom is 0.413 e. The third-order valence-electron chi connectivity index (χ3n) is 3.36. The van der Waals surface area contributed by atoms with E-state index >= 15 is 0 Å². The number of hydrogen-bond donors (Lipinski definition) is 2. The van der Waals surface area contributed by atoms with Crippen LogP contribution >= 0.6 is 0 Å². The molecule has 0 radical (unpaired) electrons. The first-order valence-corrected chi connectivity index (χ1v) is 5.85. The molecule has 2 aromatic rings. The third-order valence-corrected chi connectivity index (χ3v) is 3.36. The van der Waals surface area contributed by atoms with Crippen LogP contribution in [0.15, 0.2) is 18.2 Å². The number of nitrogens with zero attached hydrogens (tertiary/aromatic N) is 4. The maximum absolute atomic E-state index is 13.1. The second-order valence-electron chi connectivity index (χ2n) is 4.83. The highest BCUT2D eigenvalue weighted by molar-refractivity contribution is 5.68. The molecule has 1 heterocycles. The van der Waals surface area contributed by atoms with Crippen LogP contribution in [0.5, 0.6) is 0 Å². The summed E-state index contributed by atoms with van der Waals surface area (Å²) in [5, 5.41) is 10.5. The number of benzene rings is 1. The van der Waals surface area contributed by atoms with E-state index in [0.717, 1.165) is 4.68 Å². The minimum absolute atomic E-state index is 0.0128. The minimum atomic E-state index is -4.40. The van der Waals surface area contributed by atoms with Crippen molar-refractivity contribution in [2.75, 3.05) is 11.5 Å². The first-order chi connectivity index (χ1) is 9.33. The largest absolute Gasteiger partial charge is 0.413 e. The van der Waals surface area contributed by atoms with Crippen LogP contribution < -0.4 is 11.5 Å². The van der Waals surface area contributed by atoms with Crippen molar-refractivity contribution in [2.24, 2.45) is 0 Å². The van der Waals surface area contributed by atoms with Crippen molar-refractivity contribution >= 4 is 11.4 Å². The molecule has 0 unspecified atom stereocenters. The van der Waals surface area contributed by atoms with Crippen LogP contribution in [0.1, 0.15) is 12.8 Å². The van der Waals surface area contributed by atoms with Crippen molar-refractivity contribution in [3.63, 3.8) is 0 Å². The van der Waals surface area contributed by atoms with E-state index in [1.165, 1.54) is 18.2 Å². The summed E-state index contributed by atoms with van der Waals surface area (Å²) in [6.07, 6.45) is -4.47.